The zero-order valence-electron chi connectivity index (χ0n) is 14.3. The van der Waals surface area contributed by atoms with Crippen LogP contribution < -0.4 is 20.1 Å². The van der Waals surface area contributed by atoms with E-state index in [1.165, 1.54) is 26.4 Å². The second kappa shape index (κ2) is 8.52. The van der Waals surface area contributed by atoms with Crippen LogP contribution in [0, 0.1) is 0 Å². The summed E-state index contributed by atoms with van der Waals surface area (Å²) in [4.78, 5) is 24.2. The van der Waals surface area contributed by atoms with Crippen molar-refractivity contribution in [2.75, 3.05) is 20.8 Å². The molecule has 0 aromatic heterocycles. The van der Waals surface area contributed by atoms with E-state index in [1.807, 2.05) is 6.07 Å². The van der Waals surface area contributed by atoms with Gasteiger partial charge in [0.2, 0.25) is 5.78 Å². The largest absolute Gasteiger partial charge is 0.493 e. The molecule has 2 aromatic carbocycles. The molecule has 0 saturated carbocycles. The van der Waals surface area contributed by atoms with Crippen molar-refractivity contribution >= 4 is 17.5 Å². The predicted octanol–water partition coefficient (Wildman–Crippen LogP) is 1.71. The van der Waals surface area contributed by atoms with Crippen molar-refractivity contribution in [2.24, 2.45) is 10.9 Å². The van der Waals surface area contributed by atoms with Crippen molar-refractivity contribution in [1.29, 1.82) is 0 Å². The Morgan fingerprint density at radius 2 is 1.77 bits per heavy atom. The first-order valence-corrected chi connectivity index (χ1v) is 7.51. The normalized spacial score (nSPS) is 10.9. The highest BCUT2D eigenvalue weighted by Gasteiger charge is 2.27. The maximum Gasteiger partial charge on any atom is 0.340 e. The number of nitrogens with two attached hydrogens (primary N) is 1. The molecule has 0 atom stereocenters. The monoisotopic (exact) mass is 358 g/mol. The molecule has 0 heterocycles. The van der Waals surface area contributed by atoms with Gasteiger partial charge in [-0.2, -0.15) is 5.10 Å². The lowest BCUT2D eigenvalue weighted by Gasteiger charge is -2.15. The Morgan fingerprint density at radius 3 is 2.31 bits per heavy atom. The lowest BCUT2D eigenvalue weighted by molar-refractivity contribution is -0.114. The van der Waals surface area contributed by atoms with Crippen LogP contribution in [0.5, 0.6) is 17.2 Å². The number of ether oxygens (including phenoxy) is 3. The molecule has 0 aliphatic carbocycles. The Labute approximate surface area is 149 Å². The minimum Gasteiger partial charge on any atom is -0.493 e. The summed E-state index contributed by atoms with van der Waals surface area (Å²) in [6, 6.07) is 11.6. The summed E-state index contributed by atoms with van der Waals surface area (Å²) in [6.07, 6.45) is 0. The summed E-state index contributed by atoms with van der Waals surface area (Å²) in [7, 11) is 2.67. The molecule has 2 aromatic rings. The molecule has 2 rings (SSSR count). The van der Waals surface area contributed by atoms with Crippen LogP contribution in [0.25, 0.3) is 0 Å². The van der Waals surface area contributed by atoms with Gasteiger partial charge in [-0.05, 0) is 24.3 Å². The second-order valence-corrected chi connectivity index (χ2v) is 5.03. The molecule has 0 spiro atoms. The van der Waals surface area contributed by atoms with Gasteiger partial charge in [-0.1, -0.05) is 18.2 Å². The van der Waals surface area contributed by atoms with Crippen LogP contribution in [0.4, 0.5) is 0 Å². The Balaban J connectivity index is 2.37. The smallest absolute Gasteiger partial charge is 0.340 e. The predicted molar refractivity (Wildman–Crippen MR) is 94.2 cm³/mol. The quantitative estimate of drug-likeness (QED) is 0.419. The molecule has 3 N–H and O–H groups in total. The van der Waals surface area contributed by atoms with Crippen LogP contribution >= 0.6 is 0 Å². The number of hydrogen-bond donors (Lipinski definition) is 2. The number of carbonyl (C=O) groups is 2. The summed E-state index contributed by atoms with van der Waals surface area (Å²) in [5.74, 6) is 4.13. The standard InChI is InChI=1S/C18H18N2O6/c1-24-14-9-8-12(15(18(22)23)17(14)25-2)16(20-19)13(21)10-26-11-6-4-3-5-7-11/h3-9H,10,19H2,1-2H3,(H,22,23)/b20-16+. The fraction of sp³-hybridized carbons (Fsp3) is 0.167. The maximum atomic E-state index is 12.5. The Hall–Kier alpha value is -3.55. The molecule has 0 aliphatic rings. The first kappa shape index (κ1) is 18.8. The van der Waals surface area contributed by atoms with Crippen LogP contribution in [-0.2, 0) is 4.79 Å². The van der Waals surface area contributed by atoms with Gasteiger partial charge >= 0.3 is 5.97 Å². The number of nitrogens with zero attached hydrogens (tertiary/aromatic N) is 1. The number of methoxy groups -OCH3 is 2. The molecule has 0 fully saturated rings. The molecular formula is C18H18N2O6. The molecule has 0 amide bonds. The van der Waals surface area contributed by atoms with Gasteiger partial charge in [0, 0.05) is 5.56 Å². The Kier molecular flexibility index (Phi) is 6.15. The van der Waals surface area contributed by atoms with E-state index in [4.69, 9.17) is 20.1 Å². The van der Waals surface area contributed by atoms with Crippen molar-refractivity contribution in [3.05, 3.63) is 53.6 Å². The Bertz CT molecular complexity index is 833. The van der Waals surface area contributed by atoms with Crippen molar-refractivity contribution < 1.29 is 28.9 Å². The third-order valence-corrected chi connectivity index (χ3v) is 3.52. The van der Waals surface area contributed by atoms with Gasteiger partial charge in [0.25, 0.3) is 0 Å². The van der Waals surface area contributed by atoms with Gasteiger partial charge in [-0.25, -0.2) is 4.79 Å². The lowest BCUT2D eigenvalue weighted by Crippen LogP contribution is -2.26. The van der Waals surface area contributed by atoms with E-state index in [9.17, 15) is 14.7 Å². The number of rotatable bonds is 8. The highest BCUT2D eigenvalue weighted by Crippen LogP contribution is 2.34. The average molecular weight is 358 g/mol. The van der Waals surface area contributed by atoms with Crippen LogP contribution in [0.15, 0.2) is 47.6 Å². The zero-order chi connectivity index (χ0) is 19.1. The third-order valence-electron chi connectivity index (χ3n) is 3.52. The summed E-state index contributed by atoms with van der Waals surface area (Å²) < 4.78 is 15.6. The molecular weight excluding hydrogens is 340 g/mol. The van der Waals surface area contributed by atoms with E-state index in [1.54, 1.807) is 24.3 Å². The van der Waals surface area contributed by atoms with Gasteiger partial charge < -0.3 is 25.2 Å². The molecule has 26 heavy (non-hydrogen) atoms. The topological polar surface area (TPSA) is 120 Å². The third kappa shape index (κ3) is 3.92. The van der Waals surface area contributed by atoms with Gasteiger partial charge in [0.1, 0.15) is 17.0 Å². The van der Waals surface area contributed by atoms with Gasteiger partial charge in [-0.3, -0.25) is 4.79 Å². The first-order chi connectivity index (χ1) is 12.5. The van der Waals surface area contributed by atoms with E-state index in [-0.39, 0.29) is 34.9 Å². The number of carbonyl (C=O) groups excluding carboxylic acids is 1. The number of carboxylic acids is 1. The van der Waals surface area contributed by atoms with E-state index < -0.39 is 11.8 Å². The zero-order valence-corrected chi connectivity index (χ0v) is 14.3. The molecule has 8 heteroatoms. The van der Waals surface area contributed by atoms with Crippen molar-refractivity contribution in [1.82, 2.24) is 0 Å². The minimum absolute atomic E-state index is 0.0133. The number of hydrogen-bond acceptors (Lipinski definition) is 7. The van der Waals surface area contributed by atoms with Gasteiger partial charge in [-0.15, -0.1) is 0 Å². The Morgan fingerprint density at radius 1 is 1.08 bits per heavy atom. The van der Waals surface area contributed by atoms with E-state index in [2.05, 4.69) is 5.10 Å². The van der Waals surface area contributed by atoms with Crippen molar-refractivity contribution in [3.8, 4) is 17.2 Å². The summed E-state index contributed by atoms with van der Waals surface area (Å²) >= 11 is 0. The summed E-state index contributed by atoms with van der Waals surface area (Å²) in [6.45, 7) is -0.354. The number of para-hydroxylation sites is 1. The fourth-order valence-corrected chi connectivity index (χ4v) is 2.36. The lowest BCUT2D eigenvalue weighted by atomic mass is 9.98. The molecule has 0 aliphatic heterocycles. The van der Waals surface area contributed by atoms with Gasteiger partial charge in [0.15, 0.2) is 18.1 Å². The van der Waals surface area contributed by atoms with E-state index in [0.29, 0.717) is 5.75 Å². The molecule has 0 bridgehead atoms. The number of hydrazone groups is 1. The number of benzene rings is 2. The summed E-state index contributed by atoms with van der Waals surface area (Å²) in [5.41, 5.74) is -0.497. The van der Waals surface area contributed by atoms with Crippen molar-refractivity contribution in [3.63, 3.8) is 0 Å². The average Bonchev–Trinajstić information content (AvgIpc) is 2.66. The van der Waals surface area contributed by atoms with Crippen LogP contribution in [0.3, 0.4) is 0 Å². The molecule has 136 valence electrons. The first-order valence-electron chi connectivity index (χ1n) is 7.51. The molecule has 0 unspecified atom stereocenters. The van der Waals surface area contributed by atoms with Crippen LogP contribution in [0.2, 0.25) is 0 Å². The number of carboxylic acid groups (broad SMARTS) is 1. The molecule has 8 nitrogen and oxygen atoms in total. The molecule has 0 radical (unpaired) electrons. The van der Waals surface area contributed by atoms with Crippen LogP contribution in [0.1, 0.15) is 15.9 Å². The van der Waals surface area contributed by atoms with Crippen LogP contribution in [-0.4, -0.2) is 43.4 Å². The minimum atomic E-state index is -1.31. The number of ketones is 1. The summed E-state index contributed by atoms with van der Waals surface area (Å²) in [5, 5.41) is 13.0. The SMILES string of the molecule is COc1ccc(/C(=N\N)C(=O)COc2ccccc2)c(C(=O)O)c1OC. The van der Waals surface area contributed by atoms with Crippen molar-refractivity contribution in [2.45, 2.75) is 0 Å². The number of aromatic carboxylic acids is 1. The van der Waals surface area contributed by atoms with E-state index in [0.717, 1.165) is 0 Å². The second-order valence-electron chi connectivity index (χ2n) is 5.03. The maximum absolute atomic E-state index is 12.5. The highest BCUT2D eigenvalue weighted by atomic mass is 16.5. The van der Waals surface area contributed by atoms with E-state index >= 15 is 0 Å². The number of Topliss-reactive ketones (excluding diaryl/α,β-unsaturated/α-hetero) is 1. The fourth-order valence-electron chi connectivity index (χ4n) is 2.36. The van der Waals surface area contributed by atoms with Gasteiger partial charge in [0.05, 0.1) is 14.2 Å². The highest BCUT2D eigenvalue weighted by molar-refractivity contribution is 6.47. The molecule has 0 saturated heterocycles.